The van der Waals surface area contributed by atoms with Crippen molar-refractivity contribution in [3.8, 4) is 0 Å². The number of hydrogen-bond acceptors (Lipinski definition) is 18. The van der Waals surface area contributed by atoms with E-state index in [9.17, 15) is 51.1 Å². The minimum atomic E-state index is -1.86. The normalized spacial score (nSPS) is 56.9. The third kappa shape index (κ3) is 7.40. The molecule has 2 spiro atoms. The molecule has 18 heteroatoms. The van der Waals surface area contributed by atoms with Crippen LogP contribution < -0.4 is 0 Å². The van der Waals surface area contributed by atoms with E-state index in [4.69, 9.17) is 37.9 Å². The molecule has 372 valence electrons. The van der Waals surface area contributed by atoms with Crippen molar-refractivity contribution in [3.05, 3.63) is 11.6 Å². The molecule has 5 saturated heterocycles. The van der Waals surface area contributed by atoms with E-state index < -0.39 is 129 Å². The van der Waals surface area contributed by atoms with Gasteiger partial charge in [0, 0.05) is 24.2 Å². The van der Waals surface area contributed by atoms with Gasteiger partial charge in [-0.15, -0.1) is 0 Å². The number of aliphatic hydroxyl groups is 10. The molecule has 2 bridgehead atoms. The standard InChI is InChI=1S/C47H76O18/c1-21(2)14-22-15-45(7,57)38-23-8-9-28-43(5)12-11-29(42(3,4)27(43)10-13-44(28,6)46(23)19-47(38,65-22)58-20-46)62-41-37(64-39-34(55)31(52)25(17-49)60-39)36(32(53)26(18-50)61-41)63-40-35(56)33(54)30(51)24(16-48)59-40/h14,22-41,48-57H,8-13,15-20H2,1-7H3/t22-,23?,24+,25-,26+,27-,28+,29-,30+,31-,32+,33-,34+,35+,36-,37+,38?,39-,40-,41-,43-,44+,45-,46-,47-/m0/s1. The van der Waals surface area contributed by atoms with Crippen LogP contribution >= 0.6 is 0 Å². The average Bonchev–Trinajstić information content (AvgIpc) is 3.86. The second-order valence-electron chi connectivity index (χ2n) is 22.9. The Morgan fingerprint density at radius 3 is 1.86 bits per heavy atom. The molecule has 18 nitrogen and oxygen atoms in total. The summed E-state index contributed by atoms with van der Waals surface area (Å²) in [6.07, 6.45) is -14.0. The van der Waals surface area contributed by atoms with E-state index in [-0.39, 0.29) is 40.1 Å². The Morgan fingerprint density at radius 2 is 1.23 bits per heavy atom. The van der Waals surface area contributed by atoms with Gasteiger partial charge in [0.15, 0.2) is 24.7 Å². The number of fused-ring (bicyclic) bond motifs is 4. The van der Waals surface area contributed by atoms with Gasteiger partial charge in [0.25, 0.3) is 0 Å². The number of allylic oxidation sites excluding steroid dienone is 1. The van der Waals surface area contributed by atoms with E-state index in [1.165, 1.54) is 0 Å². The van der Waals surface area contributed by atoms with E-state index in [1.54, 1.807) is 0 Å². The summed E-state index contributed by atoms with van der Waals surface area (Å²) in [4.78, 5) is 0. The van der Waals surface area contributed by atoms with Gasteiger partial charge in [-0.1, -0.05) is 39.3 Å². The lowest BCUT2D eigenvalue weighted by atomic mass is 9.35. The molecule has 0 aromatic carbocycles. The first-order valence-corrected chi connectivity index (χ1v) is 24.1. The molecule has 9 fully saturated rings. The number of rotatable bonds is 10. The largest absolute Gasteiger partial charge is 0.394 e. The van der Waals surface area contributed by atoms with Crippen molar-refractivity contribution >= 4 is 0 Å². The molecule has 10 N–H and O–H groups in total. The Labute approximate surface area is 381 Å². The lowest BCUT2D eigenvalue weighted by molar-refractivity contribution is -0.387. The van der Waals surface area contributed by atoms with Gasteiger partial charge < -0.3 is 89.0 Å². The van der Waals surface area contributed by atoms with Crippen LogP contribution in [0.2, 0.25) is 0 Å². The van der Waals surface area contributed by atoms with Gasteiger partial charge >= 0.3 is 0 Å². The first-order chi connectivity index (χ1) is 30.5. The van der Waals surface area contributed by atoms with Gasteiger partial charge in [-0.25, -0.2) is 0 Å². The summed E-state index contributed by atoms with van der Waals surface area (Å²) in [6, 6.07) is 0. The summed E-state index contributed by atoms with van der Waals surface area (Å²) in [7, 11) is 0. The van der Waals surface area contributed by atoms with Gasteiger partial charge in [-0.3, -0.25) is 0 Å². The fraction of sp³-hybridized carbons (Fsp3) is 0.957. The Kier molecular flexibility index (Phi) is 12.9. The molecule has 4 aliphatic carbocycles. The van der Waals surface area contributed by atoms with Crippen molar-refractivity contribution in [2.45, 2.75) is 209 Å². The van der Waals surface area contributed by atoms with Crippen LogP contribution in [0.1, 0.15) is 99.8 Å². The number of ether oxygens (including phenoxy) is 8. The predicted octanol–water partition coefficient (Wildman–Crippen LogP) is -0.0333. The summed E-state index contributed by atoms with van der Waals surface area (Å²) < 4.78 is 50.9. The summed E-state index contributed by atoms with van der Waals surface area (Å²) in [5.74, 6) is -0.184. The van der Waals surface area contributed by atoms with E-state index in [1.807, 2.05) is 6.92 Å². The van der Waals surface area contributed by atoms with Crippen molar-refractivity contribution in [1.29, 1.82) is 0 Å². The van der Waals surface area contributed by atoms with Crippen LogP contribution in [0.4, 0.5) is 0 Å². The monoisotopic (exact) mass is 929 g/mol. The molecule has 0 radical (unpaired) electrons. The van der Waals surface area contributed by atoms with Crippen LogP contribution in [-0.4, -0.2) is 187 Å². The summed E-state index contributed by atoms with van der Waals surface area (Å²) in [5, 5.41) is 108. The van der Waals surface area contributed by atoms with Crippen molar-refractivity contribution in [1.82, 2.24) is 0 Å². The summed E-state index contributed by atoms with van der Waals surface area (Å²) >= 11 is 0. The zero-order chi connectivity index (χ0) is 47.0. The molecule has 5 heterocycles. The minimum Gasteiger partial charge on any atom is -0.394 e. The zero-order valence-corrected chi connectivity index (χ0v) is 38.8. The second-order valence-corrected chi connectivity index (χ2v) is 22.9. The SMILES string of the molecule is CC(C)=C[C@H]1C[C@](C)(O)C2C3CC[C@@H]4[C@@]5(C)CC[C@H](O[C@@H]6O[C@H](CO)[C@@H](O)[C@H](O[C@@H]7O[C@H](CO)[C@@H](O)[C@H](O)[C@H]7O)[C@H]6O[C@@H]6O[C@@H](CO)[C@H](O)[C@H]6O)C(C)(C)[C@@H]5CC[C@@]4(C)[C@@]34CO[C@@]2(C4)O1. The van der Waals surface area contributed by atoms with Gasteiger partial charge in [-0.2, -0.15) is 0 Å². The van der Waals surface area contributed by atoms with E-state index in [2.05, 4.69) is 47.6 Å². The Morgan fingerprint density at radius 1 is 0.646 bits per heavy atom. The maximum absolute atomic E-state index is 12.2. The minimum absolute atomic E-state index is 0.0960. The Balaban J connectivity index is 0.991. The lowest BCUT2D eigenvalue weighted by Crippen LogP contribution is -2.68. The van der Waals surface area contributed by atoms with Gasteiger partial charge in [0.2, 0.25) is 0 Å². The predicted molar refractivity (Wildman–Crippen MR) is 225 cm³/mol. The topological polar surface area (TPSA) is 276 Å². The van der Waals surface area contributed by atoms with E-state index >= 15 is 0 Å². The molecule has 5 aliphatic heterocycles. The van der Waals surface area contributed by atoms with Crippen molar-refractivity contribution in [2.24, 2.45) is 45.3 Å². The molecule has 4 saturated carbocycles. The van der Waals surface area contributed by atoms with Crippen LogP contribution in [0.15, 0.2) is 11.6 Å². The average molecular weight is 929 g/mol. The fourth-order valence-electron chi connectivity index (χ4n) is 15.9. The molecular weight excluding hydrogens is 852 g/mol. The molecule has 9 rings (SSSR count). The summed E-state index contributed by atoms with van der Waals surface area (Å²) in [5.41, 5.74) is -0.668. The van der Waals surface area contributed by atoms with E-state index in [0.717, 1.165) is 44.1 Å². The molecular formula is C47H76O18. The quantitative estimate of drug-likeness (QED) is 0.102. The van der Waals surface area contributed by atoms with Crippen LogP contribution in [0.3, 0.4) is 0 Å². The Hall–Kier alpha value is -0.980. The maximum atomic E-state index is 12.2. The van der Waals surface area contributed by atoms with E-state index in [0.29, 0.717) is 25.4 Å². The van der Waals surface area contributed by atoms with Gasteiger partial charge in [-0.05, 0) is 93.3 Å². The second kappa shape index (κ2) is 17.1. The van der Waals surface area contributed by atoms with Crippen molar-refractivity contribution in [2.75, 3.05) is 26.4 Å². The number of aliphatic hydroxyl groups excluding tert-OH is 9. The molecule has 25 atom stereocenters. The first kappa shape index (κ1) is 49.0. The highest BCUT2D eigenvalue weighted by Crippen LogP contribution is 2.80. The van der Waals surface area contributed by atoms with Crippen LogP contribution in [0.25, 0.3) is 0 Å². The third-order valence-electron chi connectivity index (χ3n) is 18.8. The highest BCUT2D eigenvalue weighted by molar-refractivity contribution is 5.26. The summed E-state index contributed by atoms with van der Waals surface area (Å²) in [6.45, 7) is 13.9. The Bertz CT molecular complexity index is 1760. The molecule has 0 amide bonds. The highest BCUT2D eigenvalue weighted by Gasteiger charge is 2.81. The molecule has 0 aromatic rings. The van der Waals surface area contributed by atoms with Crippen LogP contribution in [0, 0.1) is 45.3 Å². The molecule has 0 aromatic heterocycles. The number of hydrogen-bond donors (Lipinski definition) is 10. The molecule has 2 unspecified atom stereocenters. The first-order valence-electron chi connectivity index (χ1n) is 24.1. The van der Waals surface area contributed by atoms with Gasteiger partial charge in [0.1, 0.15) is 67.1 Å². The van der Waals surface area contributed by atoms with Crippen molar-refractivity contribution < 1.29 is 89.0 Å². The highest BCUT2D eigenvalue weighted by atomic mass is 16.8. The van der Waals surface area contributed by atoms with Crippen molar-refractivity contribution in [3.63, 3.8) is 0 Å². The molecule has 9 aliphatic rings. The zero-order valence-electron chi connectivity index (χ0n) is 38.8. The van der Waals surface area contributed by atoms with Crippen LogP contribution in [-0.2, 0) is 37.9 Å². The fourth-order valence-corrected chi connectivity index (χ4v) is 15.9. The lowest BCUT2D eigenvalue weighted by Gasteiger charge is -2.70. The molecule has 65 heavy (non-hydrogen) atoms. The maximum Gasteiger partial charge on any atom is 0.187 e. The third-order valence-corrected chi connectivity index (χ3v) is 18.8. The van der Waals surface area contributed by atoms with Crippen LogP contribution in [0.5, 0.6) is 0 Å². The smallest absolute Gasteiger partial charge is 0.187 e. The van der Waals surface area contributed by atoms with Gasteiger partial charge in [0.05, 0.1) is 44.2 Å².